The summed E-state index contributed by atoms with van der Waals surface area (Å²) in [6, 6.07) is 3.44. The monoisotopic (exact) mass is 323 g/mol. The lowest BCUT2D eigenvalue weighted by atomic mass is 10.0. The lowest BCUT2D eigenvalue weighted by Gasteiger charge is -2.14. The molecular weight excluding hydrogens is 298 g/mol. The smallest absolute Gasteiger partial charge is 0.163 e. The summed E-state index contributed by atoms with van der Waals surface area (Å²) in [5, 5.41) is 18.8. The number of unbranched alkanes of at least 4 members (excludes halogenated alkanes) is 2. The second-order valence-electron chi connectivity index (χ2n) is 4.90. The molecule has 0 spiro atoms. The minimum Gasteiger partial charge on any atom is -0.507 e. The fourth-order valence-corrected chi connectivity index (χ4v) is 2.06. The van der Waals surface area contributed by atoms with Crippen LogP contribution in [0.4, 0.5) is 0 Å². The number of nitriles is 1. The molecule has 0 radical (unpaired) electrons. The Morgan fingerprint density at radius 1 is 1.32 bits per heavy atom. The predicted octanol–water partition coefficient (Wildman–Crippen LogP) is 4.51. The number of thiol groups is 1. The lowest BCUT2D eigenvalue weighted by Crippen LogP contribution is -2.03. The van der Waals surface area contributed by atoms with Gasteiger partial charge in [0.1, 0.15) is 16.9 Å². The van der Waals surface area contributed by atoms with E-state index in [4.69, 9.17) is 10.00 Å². The van der Waals surface area contributed by atoms with E-state index in [-0.39, 0.29) is 11.5 Å². The Morgan fingerprint density at radius 3 is 2.45 bits per heavy atom. The van der Waals surface area contributed by atoms with E-state index in [0.29, 0.717) is 17.9 Å². The number of benzene rings is 1. The van der Waals surface area contributed by atoms with E-state index in [0.717, 1.165) is 37.7 Å². The molecule has 0 fully saturated rings. The van der Waals surface area contributed by atoms with Crippen LogP contribution in [0, 0.1) is 10.7 Å². The van der Waals surface area contributed by atoms with Crippen molar-refractivity contribution in [2.24, 2.45) is 0 Å². The van der Waals surface area contributed by atoms with Gasteiger partial charge in [-0.05, 0) is 31.9 Å². The molecule has 0 aliphatic carbocycles. The Balaban J connectivity index is 0.00000135. The first-order valence-electron chi connectivity index (χ1n) is 7.55. The normalized spacial score (nSPS) is 9.41. The fraction of sp³-hybridized carbons (Fsp3) is 0.529. The van der Waals surface area contributed by atoms with Crippen molar-refractivity contribution in [1.29, 1.82) is 5.26 Å². The van der Waals surface area contributed by atoms with Crippen LogP contribution in [0.1, 0.15) is 62.4 Å². The molecule has 0 bridgehead atoms. The van der Waals surface area contributed by atoms with E-state index in [1.165, 1.54) is 12.3 Å². The molecule has 4 nitrogen and oxygen atoms in total. The second-order valence-corrected chi connectivity index (χ2v) is 5.10. The second kappa shape index (κ2) is 11.9. The summed E-state index contributed by atoms with van der Waals surface area (Å²) in [5.74, 6) is 0.676. The van der Waals surface area contributed by atoms with Gasteiger partial charge in [-0.2, -0.15) is 5.26 Å². The van der Waals surface area contributed by atoms with Crippen LogP contribution in [-0.2, 0) is 6.42 Å². The molecule has 1 N–H and O–H groups in total. The van der Waals surface area contributed by atoms with Crippen molar-refractivity contribution in [3.63, 3.8) is 0 Å². The average molecular weight is 323 g/mol. The van der Waals surface area contributed by atoms with Crippen LogP contribution in [0.2, 0.25) is 0 Å². The van der Waals surface area contributed by atoms with Crippen LogP contribution in [0.25, 0.3) is 0 Å². The molecule has 1 aromatic carbocycles. The zero-order chi connectivity index (χ0) is 17.0. The van der Waals surface area contributed by atoms with Crippen molar-refractivity contribution in [2.45, 2.75) is 52.9 Å². The molecule has 5 heteroatoms. The van der Waals surface area contributed by atoms with E-state index < -0.39 is 0 Å². The van der Waals surface area contributed by atoms with Crippen LogP contribution in [0.15, 0.2) is 12.1 Å². The van der Waals surface area contributed by atoms with Crippen molar-refractivity contribution in [3.05, 3.63) is 23.3 Å². The number of ether oxygens (including phenoxy) is 1. The van der Waals surface area contributed by atoms with Crippen molar-refractivity contribution >= 4 is 18.4 Å². The third kappa shape index (κ3) is 6.86. The SMILES string of the molecule is CCCCCOc1ccc(C(C)=O)c(O)c1CCC.N#CS. The number of phenols is 1. The first-order chi connectivity index (χ1) is 10.5. The molecule has 122 valence electrons. The Kier molecular flexibility index (Phi) is 11.0. The van der Waals surface area contributed by atoms with Crippen LogP contribution in [0.3, 0.4) is 0 Å². The predicted molar refractivity (Wildman–Crippen MR) is 91.7 cm³/mol. The van der Waals surface area contributed by atoms with Gasteiger partial charge in [0.2, 0.25) is 0 Å². The highest BCUT2D eigenvalue weighted by molar-refractivity contribution is 7.85. The Hall–Kier alpha value is -1.67. The number of hydrogen-bond acceptors (Lipinski definition) is 5. The molecule has 0 amide bonds. The quantitative estimate of drug-likeness (QED) is 0.319. The standard InChI is InChI=1S/C16H24O3.CHNS/c1-4-6-7-11-19-15-10-9-13(12(3)17)16(18)14(15)8-5-2;2-1-3/h9-10,18H,4-8,11H2,1-3H3;3H. The summed E-state index contributed by atoms with van der Waals surface area (Å²) < 4.78 is 5.74. The van der Waals surface area contributed by atoms with E-state index in [1.807, 2.05) is 6.92 Å². The topological polar surface area (TPSA) is 70.3 Å². The molecule has 0 unspecified atom stereocenters. The lowest BCUT2D eigenvalue weighted by molar-refractivity contribution is 0.101. The molecular formula is C17H25NO3S. The summed E-state index contributed by atoms with van der Waals surface area (Å²) in [7, 11) is 0. The van der Waals surface area contributed by atoms with Gasteiger partial charge in [-0.1, -0.05) is 45.7 Å². The third-order valence-electron chi connectivity index (χ3n) is 3.12. The number of aromatic hydroxyl groups is 1. The molecule has 0 aliphatic heterocycles. The summed E-state index contributed by atoms with van der Waals surface area (Å²) >= 11 is 3.09. The molecule has 1 rings (SSSR count). The van der Waals surface area contributed by atoms with Gasteiger partial charge in [0.15, 0.2) is 5.78 Å². The number of nitrogens with zero attached hydrogens (tertiary/aromatic N) is 1. The number of hydrogen-bond donors (Lipinski definition) is 2. The Morgan fingerprint density at radius 2 is 1.95 bits per heavy atom. The van der Waals surface area contributed by atoms with Gasteiger partial charge in [0.25, 0.3) is 0 Å². The van der Waals surface area contributed by atoms with Gasteiger partial charge in [0.05, 0.1) is 12.2 Å². The number of carbonyl (C=O) groups is 1. The summed E-state index contributed by atoms with van der Waals surface area (Å²) in [5.41, 5.74) is 1.14. The molecule has 0 saturated heterocycles. The third-order valence-corrected chi connectivity index (χ3v) is 3.12. The minimum atomic E-state index is -0.118. The molecule has 0 aliphatic rings. The van der Waals surface area contributed by atoms with Crippen molar-refractivity contribution in [3.8, 4) is 16.9 Å². The van der Waals surface area contributed by atoms with Crippen LogP contribution in [0.5, 0.6) is 11.5 Å². The van der Waals surface area contributed by atoms with Crippen LogP contribution >= 0.6 is 12.6 Å². The largest absolute Gasteiger partial charge is 0.507 e. The van der Waals surface area contributed by atoms with E-state index in [1.54, 1.807) is 12.1 Å². The number of thiocyanates is 1. The molecule has 0 saturated carbocycles. The van der Waals surface area contributed by atoms with Gasteiger partial charge >= 0.3 is 0 Å². The highest BCUT2D eigenvalue weighted by atomic mass is 32.1. The van der Waals surface area contributed by atoms with Crippen molar-refractivity contribution in [1.82, 2.24) is 0 Å². The summed E-state index contributed by atoms with van der Waals surface area (Å²) in [6.07, 6.45) is 4.92. The maximum Gasteiger partial charge on any atom is 0.163 e. The summed E-state index contributed by atoms with van der Waals surface area (Å²) in [4.78, 5) is 11.4. The molecule has 1 aromatic rings. The van der Waals surface area contributed by atoms with Gasteiger partial charge in [-0.3, -0.25) is 4.79 Å². The van der Waals surface area contributed by atoms with Gasteiger partial charge in [-0.15, -0.1) is 0 Å². The zero-order valence-electron chi connectivity index (χ0n) is 13.6. The number of phenolic OH excluding ortho intramolecular Hbond substituents is 1. The number of rotatable bonds is 8. The Labute approximate surface area is 138 Å². The molecule has 0 heterocycles. The number of Topliss-reactive ketones (excluding diaryl/α,β-unsaturated/α-hetero) is 1. The van der Waals surface area contributed by atoms with Crippen molar-refractivity contribution in [2.75, 3.05) is 6.61 Å². The molecule has 22 heavy (non-hydrogen) atoms. The summed E-state index contributed by atoms with van der Waals surface area (Å²) in [6.45, 7) is 6.31. The van der Waals surface area contributed by atoms with Gasteiger partial charge < -0.3 is 9.84 Å². The average Bonchev–Trinajstić information content (AvgIpc) is 2.47. The maximum atomic E-state index is 11.4. The maximum absolute atomic E-state index is 11.4. The van der Waals surface area contributed by atoms with Crippen molar-refractivity contribution < 1.29 is 14.6 Å². The van der Waals surface area contributed by atoms with Crippen LogP contribution < -0.4 is 4.74 Å². The molecule has 0 atom stereocenters. The fourth-order valence-electron chi connectivity index (χ4n) is 2.06. The van der Waals surface area contributed by atoms with Gasteiger partial charge in [0, 0.05) is 5.56 Å². The number of ketones is 1. The minimum absolute atomic E-state index is 0.0855. The first-order valence-corrected chi connectivity index (χ1v) is 7.99. The van der Waals surface area contributed by atoms with E-state index >= 15 is 0 Å². The van der Waals surface area contributed by atoms with Gasteiger partial charge in [-0.25, -0.2) is 0 Å². The zero-order valence-corrected chi connectivity index (χ0v) is 14.4. The highest BCUT2D eigenvalue weighted by Crippen LogP contribution is 2.33. The Bertz CT molecular complexity index is 509. The molecule has 0 aromatic heterocycles. The first kappa shape index (κ1) is 20.3. The van der Waals surface area contributed by atoms with Crippen LogP contribution in [-0.4, -0.2) is 17.5 Å². The highest BCUT2D eigenvalue weighted by Gasteiger charge is 2.15. The number of carbonyl (C=O) groups excluding carboxylic acids is 1. The van der Waals surface area contributed by atoms with E-state index in [2.05, 4.69) is 19.6 Å². The van der Waals surface area contributed by atoms with E-state index in [9.17, 15) is 9.90 Å².